The number of halogens is 2. The van der Waals surface area contributed by atoms with Crippen LogP contribution in [0.15, 0.2) is 77.7 Å². The van der Waals surface area contributed by atoms with E-state index in [0.29, 0.717) is 42.4 Å². The Bertz CT molecular complexity index is 1660. The lowest BCUT2D eigenvalue weighted by Crippen LogP contribution is -2.53. The third kappa shape index (κ3) is 11.0. The smallest absolute Gasteiger partial charge is 0.407 e. The molecule has 0 unspecified atom stereocenters. The molecule has 284 valence electrons. The molecule has 3 aromatic carbocycles. The molecular weight excluding hydrogens is 693 g/mol. The maximum Gasteiger partial charge on any atom is 0.407 e. The summed E-state index contributed by atoms with van der Waals surface area (Å²) in [6, 6.07) is 14.9. The minimum absolute atomic E-state index is 0.0724. The largest absolute Gasteiger partial charge is 0.453 e. The molecule has 0 radical (unpaired) electrons. The number of ether oxygens (including phenoxy) is 1. The average Bonchev–Trinajstić information content (AvgIpc) is 3.97. The van der Waals surface area contributed by atoms with Gasteiger partial charge in [0.05, 0.1) is 24.7 Å². The lowest BCUT2D eigenvalue weighted by Gasteiger charge is -2.32. The minimum Gasteiger partial charge on any atom is -0.453 e. The molecule has 4 atom stereocenters. The number of hydrogen-bond donors (Lipinski definition) is 4. The van der Waals surface area contributed by atoms with Crippen LogP contribution >= 0.6 is 0 Å². The maximum atomic E-state index is 14.2. The van der Waals surface area contributed by atoms with E-state index in [4.69, 9.17) is 4.74 Å². The quantitative estimate of drug-likeness (QED) is 0.117. The number of amides is 2. The van der Waals surface area contributed by atoms with Crippen molar-refractivity contribution >= 4 is 22.0 Å². The summed E-state index contributed by atoms with van der Waals surface area (Å²) >= 11 is 0. The summed E-state index contributed by atoms with van der Waals surface area (Å²) < 4.78 is 61.9. The Morgan fingerprint density at radius 2 is 1.38 bits per heavy atom. The lowest BCUT2D eigenvalue weighted by atomic mass is 9.84. The molecule has 0 heterocycles. The normalized spacial score (nSPS) is 15.7. The Morgan fingerprint density at radius 3 is 1.85 bits per heavy atom. The fourth-order valence-electron chi connectivity index (χ4n) is 6.44. The zero-order valence-electron chi connectivity index (χ0n) is 30.2. The Labute approximate surface area is 305 Å². The number of aliphatic hydroxyl groups is 2. The van der Waals surface area contributed by atoms with Gasteiger partial charge in [0.25, 0.3) is 0 Å². The molecule has 52 heavy (non-hydrogen) atoms. The van der Waals surface area contributed by atoms with Gasteiger partial charge in [-0.1, -0.05) is 50.2 Å². The first-order chi connectivity index (χ1) is 24.7. The summed E-state index contributed by atoms with van der Waals surface area (Å²) in [5.74, 6) is -1.93. The van der Waals surface area contributed by atoms with Crippen molar-refractivity contribution in [1.82, 2.24) is 14.9 Å². The van der Waals surface area contributed by atoms with Crippen molar-refractivity contribution in [1.29, 1.82) is 0 Å². The summed E-state index contributed by atoms with van der Waals surface area (Å²) in [5.41, 5.74) is 1.62. The molecule has 10 nitrogen and oxygen atoms in total. The molecule has 1 fully saturated rings. The Balaban J connectivity index is 1.55. The summed E-state index contributed by atoms with van der Waals surface area (Å²) in [5, 5.41) is 26.2. The number of aliphatic hydroxyl groups excluding tert-OH is 2. The first-order valence-corrected chi connectivity index (χ1v) is 19.3. The summed E-state index contributed by atoms with van der Waals surface area (Å²) in [6.07, 6.45) is 2.03. The van der Waals surface area contributed by atoms with Crippen LogP contribution in [0, 0.1) is 23.5 Å². The number of methoxy groups -OCH3 is 1. The highest BCUT2D eigenvalue weighted by Crippen LogP contribution is 2.36. The monoisotopic (exact) mass is 743 g/mol. The van der Waals surface area contributed by atoms with Gasteiger partial charge in [0.1, 0.15) is 17.7 Å². The highest BCUT2D eigenvalue weighted by Gasteiger charge is 2.38. The van der Waals surface area contributed by atoms with Crippen molar-refractivity contribution < 1.29 is 41.7 Å². The SMILES string of the molecule is COC(=O)N[C@H](C(=O)N[C@H](CCC[C@@H](CO)N(CCC(C)C)S(=O)(=O)c1ccc([C@H](C)O)cc1)C1CC1)C(c1ccc(F)cc1)c1ccc(F)cc1. The van der Waals surface area contributed by atoms with Crippen LogP contribution < -0.4 is 10.6 Å². The number of nitrogens with one attached hydrogen (secondary N) is 2. The molecule has 0 aliphatic heterocycles. The van der Waals surface area contributed by atoms with E-state index in [2.05, 4.69) is 10.6 Å². The predicted octanol–water partition coefficient (Wildman–Crippen LogP) is 6.04. The van der Waals surface area contributed by atoms with Gasteiger partial charge in [-0.05, 0) is 110 Å². The third-order valence-electron chi connectivity index (χ3n) is 9.62. The highest BCUT2D eigenvalue weighted by molar-refractivity contribution is 7.89. The van der Waals surface area contributed by atoms with Crippen molar-refractivity contribution in [3.63, 3.8) is 0 Å². The van der Waals surface area contributed by atoms with Gasteiger partial charge in [-0.15, -0.1) is 0 Å². The molecular formula is C39H51F2N3O7S. The first-order valence-electron chi connectivity index (χ1n) is 17.8. The summed E-state index contributed by atoms with van der Waals surface area (Å²) in [6.45, 7) is 5.41. The summed E-state index contributed by atoms with van der Waals surface area (Å²) in [4.78, 5) is 26.8. The van der Waals surface area contributed by atoms with Crippen LogP contribution in [-0.2, 0) is 19.6 Å². The van der Waals surface area contributed by atoms with Crippen molar-refractivity contribution in [3.8, 4) is 0 Å². The molecule has 4 rings (SSSR count). The van der Waals surface area contributed by atoms with Crippen molar-refractivity contribution in [2.45, 2.75) is 94.3 Å². The molecule has 4 N–H and O–H groups in total. The number of benzene rings is 3. The summed E-state index contributed by atoms with van der Waals surface area (Å²) in [7, 11) is -2.82. The van der Waals surface area contributed by atoms with Gasteiger partial charge in [-0.3, -0.25) is 4.79 Å². The van der Waals surface area contributed by atoms with Crippen molar-refractivity contribution in [3.05, 3.63) is 101 Å². The van der Waals surface area contributed by atoms with E-state index in [1.165, 1.54) is 72.1 Å². The third-order valence-corrected chi connectivity index (χ3v) is 11.6. The predicted molar refractivity (Wildman–Crippen MR) is 194 cm³/mol. The number of carbonyl (C=O) groups is 2. The number of sulfonamides is 1. The number of alkyl carbamates (subject to hydrolysis) is 1. The van der Waals surface area contributed by atoms with E-state index in [0.717, 1.165) is 12.8 Å². The van der Waals surface area contributed by atoms with Gasteiger partial charge < -0.3 is 25.6 Å². The van der Waals surface area contributed by atoms with Crippen molar-refractivity contribution in [2.75, 3.05) is 20.3 Å². The van der Waals surface area contributed by atoms with Crippen molar-refractivity contribution in [2.24, 2.45) is 11.8 Å². The molecule has 13 heteroatoms. The van der Waals surface area contributed by atoms with Gasteiger partial charge in [-0.25, -0.2) is 22.0 Å². The zero-order chi connectivity index (χ0) is 38.0. The van der Waals surface area contributed by atoms with E-state index in [1.807, 2.05) is 13.8 Å². The van der Waals surface area contributed by atoms with Gasteiger partial charge in [0.15, 0.2) is 0 Å². The van der Waals surface area contributed by atoms with E-state index < -0.39 is 64.4 Å². The van der Waals surface area contributed by atoms with Gasteiger partial charge in [-0.2, -0.15) is 4.31 Å². The average molecular weight is 744 g/mol. The zero-order valence-corrected chi connectivity index (χ0v) is 31.0. The molecule has 1 aliphatic carbocycles. The Kier molecular flexibility index (Phi) is 14.7. The Hall–Kier alpha value is -3.91. The second-order valence-electron chi connectivity index (χ2n) is 14.0. The highest BCUT2D eigenvalue weighted by atomic mass is 32.2. The molecule has 0 aromatic heterocycles. The first kappa shape index (κ1) is 40.9. The van der Waals surface area contributed by atoms with E-state index in [1.54, 1.807) is 19.1 Å². The van der Waals surface area contributed by atoms with Crippen LogP contribution in [-0.4, -0.2) is 73.3 Å². The second-order valence-corrected chi connectivity index (χ2v) is 15.8. The molecule has 0 saturated heterocycles. The van der Waals surface area contributed by atoms with Crippen LogP contribution in [0.4, 0.5) is 13.6 Å². The second kappa shape index (κ2) is 18.7. The van der Waals surface area contributed by atoms with Crippen LogP contribution in [0.3, 0.4) is 0 Å². The number of hydrogen-bond acceptors (Lipinski definition) is 7. The molecule has 0 spiro atoms. The molecule has 1 aliphatic rings. The molecule has 3 aromatic rings. The number of nitrogens with zero attached hydrogens (tertiary/aromatic N) is 1. The topological polar surface area (TPSA) is 145 Å². The fourth-order valence-corrected chi connectivity index (χ4v) is 8.10. The van der Waals surface area contributed by atoms with E-state index in [-0.39, 0.29) is 29.3 Å². The van der Waals surface area contributed by atoms with E-state index in [9.17, 15) is 37.0 Å². The van der Waals surface area contributed by atoms with Gasteiger partial charge in [0, 0.05) is 24.5 Å². The van der Waals surface area contributed by atoms with E-state index >= 15 is 0 Å². The van der Waals surface area contributed by atoms with Crippen LogP contribution in [0.1, 0.15) is 88.0 Å². The number of carbonyl (C=O) groups excluding carboxylic acids is 2. The molecule has 0 bridgehead atoms. The maximum absolute atomic E-state index is 14.2. The number of rotatable bonds is 19. The minimum atomic E-state index is -3.99. The molecule has 2 amide bonds. The Morgan fingerprint density at radius 1 is 0.846 bits per heavy atom. The van der Waals surface area contributed by atoms with Gasteiger partial charge >= 0.3 is 6.09 Å². The fraction of sp³-hybridized carbons (Fsp3) is 0.487. The van der Waals surface area contributed by atoms with Gasteiger partial charge in [0.2, 0.25) is 15.9 Å². The van der Waals surface area contributed by atoms with Crippen LogP contribution in [0.5, 0.6) is 0 Å². The van der Waals surface area contributed by atoms with Crippen LogP contribution in [0.2, 0.25) is 0 Å². The molecule has 1 saturated carbocycles. The standard InChI is InChI=1S/C39H51F2N3O7S/c1-25(2)22-23-44(52(49,50)34-20-14-27(15-21-34)26(3)46)33(24-45)6-5-7-35(28-8-9-28)42-38(47)37(43-39(48)51-4)36(29-10-16-31(40)17-11-29)30-12-18-32(41)19-13-30/h10-21,25-26,28,33,35-37,45-46H,5-9,22-24H2,1-4H3,(H,42,47)(H,43,48)/t26-,33-,35+,37-/m0/s1. The van der Waals surface area contributed by atoms with Crippen LogP contribution in [0.25, 0.3) is 0 Å². The lowest BCUT2D eigenvalue weighted by molar-refractivity contribution is -0.124.